The van der Waals surface area contributed by atoms with Crippen LogP contribution in [0.4, 0.5) is 10.7 Å². The lowest BCUT2D eigenvalue weighted by Gasteiger charge is -2.09. The van der Waals surface area contributed by atoms with E-state index in [2.05, 4.69) is 10.0 Å². The number of nitrogens with one attached hydrogen (secondary N) is 2. The SMILES string of the molecule is NC(=O)c1ccsc1NC(=O)c1ccc(NS(=O)(=O)c2ccc(Cl)cc2)cc1. The van der Waals surface area contributed by atoms with Crippen LogP contribution in [0.1, 0.15) is 20.7 Å². The van der Waals surface area contributed by atoms with Crippen LogP contribution in [-0.4, -0.2) is 20.2 Å². The van der Waals surface area contributed by atoms with E-state index in [4.69, 9.17) is 17.3 Å². The summed E-state index contributed by atoms with van der Waals surface area (Å²) in [4.78, 5) is 23.7. The second-order valence-electron chi connectivity index (χ2n) is 5.62. The zero-order valence-electron chi connectivity index (χ0n) is 14.2. The van der Waals surface area contributed by atoms with Crippen LogP contribution in [0.25, 0.3) is 0 Å². The number of thiophene rings is 1. The van der Waals surface area contributed by atoms with Crippen molar-refractivity contribution in [1.29, 1.82) is 0 Å². The average Bonchev–Trinajstić information content (AvgIpc) is 3.10. The van der Waals surface area contributed by atoms with E-state index in [1.54, 1.807) is 5.38 Å². The fourth-order valence-corrected chi connectivity index (χ4v) is 4.26. The Balaban J connectivity index is 1.72. The summed E-state index contributed by atoms with van der Waals surface area (Å²) in [6.45, 7) is 0. The van der Waals surface area contributed by atoms with Gasteiger partial charge in [-0.1, -0.05) is 11.6 Å². The molecule has 0 aliphatic rings. The van der Waals surface area contributed by atoms with Crippen molar-refractivity contribution in [3.63, 3.8) is 0 Å². The van der Waals surface area contributed by atoms with Gasteiger partial charge in [0, 0.05) is 16.3 Å². The number of hydrogen-bond acceptors (Lipinski definition) is 5. The molecule has 0 unspecified atom stereocenters. The highest BCUT2D eigenvalue weighted by Gasteiger charge is 2.16. The van der Waals surface area contributed by atoms with Crippen LogP contribution >= 0.6 is 22.9 Å². The zero-order valence-corrected chi connectivity index (χ0v) is 16.6. The van der Waals surface area contributed by atoms with Crippen LogP contribution in [0, 0.1) is 0 Å². The molecule has 144 valence electrons. The van der Waals surface area contributed by atoms with Crippen molar-refractivity contribution >= 4 is 55.5 Å². The minimum atomic E-state index is -3.78. The van der Waals surface area contributed by atoms with Crippen molar-refractivity contribution in [2.24, 2.45) is 5.73 Å². The maximum atomic E-state index is 12.4. The second-order valence-corrected chi connectivity index (χ2v) is 8.65. The van der Waals surface area contributed by atoms with E-state index < -0.39 is 21.8 Å². The Labute approximate surface area is 170 Å². The van der Waals surface area contributed by atoms with Gasteiger partial charge in [-0.2, -0.15) is 0 Å². The molecule has 4 N–H and O–H groups in total. The van der Waals surface area contributed by atoms with E-state index in [0.717, 1.165) is 0 Å². The number of primary amides is 1. The molecule has 2 amide bonds. The summed E-state index contributed by atoms with van der Waals surface area (Å²) < 4.78 is 27.2. The second kappa shape index (κ2) is 8.01. The lowest BCUT2D eigenvalue weighted by Crippen LogP contribution is -2.16. The minimum Gasteiger partial charge on any atom is -0.366 e. The van der Waals surface area contributed by atoms with Gasteiger partial charge in [0.25, 0.3) is 21.8 Å². The van der Waals surface area contributed by atoms with Crippen LogP contribution in [0.3, 0.4) is 0 Å². The highest BCUT2D eigenvalue weighted by molar-refractivity contribution is 7.92. The van der Waals surface area contributed by atoms with Gasteiger partial charge in [0.2, 0.25) is 0 Å². The van der Waals surface area contributed by atoms with Gasteiger partial charge in [0.1, 0.15) is 5.00 Å². The monoisotopic (exact) mass is 435 g/mol. The summed E-state index contributed by atoms with van der Waals surface area (Å²) in [5.41, 5.74) is 6.06. The van der Waals surface area contributed by atoms with E-state index in [9.17, 15) is 18.0 Å². The average molecular weight is 436 g/mol. The van der Waals surface area contributed by atoms with Gasteiger partial charge in [-0.3, -0.25) is 14.3 Å². The Morgan fingerprint density at radius 3 is 2.21 bits per heavy atom. The van der Waals surface area contributed by atoms with Crippen molar-refractivity contribution in [3.05, 3.63) is 76.1 Å². The molecule has 1 heterocycles. The van der Waals surface area contributed by atoms with E-state index >= 15 is 0 Å². The number of sulfonamides is 1. The van der Waals surface area contributed by atoms with E-state index in [1.165, 1.54) is 65.9 Å². The molecule has 0 radical (unpaired) electrons. The molecular weight excluding hydrogens is 422 g/mol. The number of halogens is 1. The molecule has 1 aromatic heterocycles. The highest BCUT2D eigenvalue weighted by atomic mass is 35.5. The number of benzene rings is 2. The predicted molar refractivity (Wildman–Crippen MR) is 109 cm³/mol. The molecule has 0 saturated carbocycles. The first-order valence-corrected chi connectivity index (χ1v) is 10.6. The number of carbonyl (C=O) groups excluding carboxylic acids is 2. The summed E-state index contributed by atoms with van der Waals surface area (Å²) >= 11 is 6.95. The third-order valence-electron chi connectivity index (χ3n) is 3.68. The first kappa shape index (κ1) is 19.9. The molecule has 0 aliphatic carbocycles. The van der Waals surface area contributed by atoms with Gasteiger partial charge in [-0.25, -0.2) is 8.42 Å². The third kappa shape index (κ3) is 4.50. The van der Waals surface area contributed by atoms with Crippen molar-refractivity contribution in [1.82, 2.24) is 0 Å². The fourth-order valence-electron chi connectivity index (χ4n) is 2.29. The van der Waals surface area contributed by atoms with E-state index in [0.29, 0.717) is 21.3 Å². The van der Waals surface area contributed by atoms with Crippen molar-refractivity contribution in [2.75, 3.05) is 10.0 Å². The lowest BCUT2D eigenvalue weighted by atomic mass is 10.2. The van der Waals surface area contributed by atoms with Crippen LogP contribution in [0.2, 0.25) is 5.02 Å². The Bertz CT molecular complexity index is 1120. The third-order valence-corrected chi connectivity index (χ3v) is 6.16. The topological polar surface area (TPSA) is 118 Å². The van der Waals surface area contributed by atoms with Gasteiger partial charge in [-0.15, -0.1) is 11.3 Å². The molecule has 10 heteroatoms. The Morgan fingerprint density at radius 1 is 0.964 bits per heavy atom. The fraction of sp³-hybridized carbons (Fsp3) is 0. The lowest BCUT2D eigenvalue weighted by molar-refractivity contribution is 0.100. The maximum Gasteiger partial charge on any atom is 0.261 e. The van der Waals surface area contributed by atoms with Crippen molar-refractivity contribution in [2.45, 2.75) is 4.90 Å². The van der Waals surface area contributed by atoms with E-state index in [1.807, 2.05) is 0 Å². The van der Waals surface area contributed by atoms with Crippen molar-refractivity contribution in [3.8, 4) is 0 Å². The summed E-state index contributed by atoms with van der Waals surface area (Å²) in [5, 5.41) is 5.04. The number of carbonyl (C=O) groups is 2. The molecule has 0 saturated heterocycles. The number of anilines is 2. The van der Waals surface area contributed by atoms with Crippen LogP contribution in [0.5, 0.6) is 0 Å². The molecule has 28 heavy (non-hydrogen) atoms. The quantitative estimate of drug-likeness (QED) is 0.548. The summed E-state index contributed by atoms with van der Waals surface area (Å²) in [5.74, 6) is -1.08. The summed E-state index contributed by atoms with van der Waals surface area (Å²) in [7, 11) is -3.78. The molecule has 0 aliphatic heterocycles. The molecule has 2 aromatic carbocycles. The van der Waals surface area contributed by atoms with Crippen LogP contribution in [0.15, 0.2) is 64.9 Å². The standard InChI is InChI=1S/C18H14ClN3O4S2/c19-12-3-7-14(8-4-12)28(25,26)22-13-5-1-11(2-6-13)17(24)21-18-15(16(20)23)9-10-27-18/h1-10,22H,(H2,20,23)(H,21,24). The smallest absolute Gasteiger partial charge is 0.261 e. The van der Waals surface area contributed by atoms with Crippen LogP contribution in [-0.2, 0) is 10.0 Å². The largest absolute Gasteiger partial charge is 0.366 e. The predicted octanol–water partition coefficient (Wildman–Crippen LogP) is 3.55. The first-order valence-electron chi connectivity index (χ1n) is 7.83. The summed E-state index contributed by atoms with van der Waals surface area (Å²) in [6.07, 6.45) is 0. The highest BCUT2D eigenvalue weighted by Crippen LogP contribution is 2.24. The number of nitrogens with two attached hydrogens (primary N) is 1. The van der Waals surface area contributed by atoms with Crippen LogP contribution < -0.4 is 15.8 Å². The zero-order chi connectivity index (χ0) is 20.3. The number of amides is 2. The molecule has 0 atom stereocenters. The number of rotatable bonds is 6. The molecule has 3 rings (SSSR count). The molecule has 7 nitrogen and oxygen atoms in total. The maximum absolute atomic E-state index is 12.4. The van der Waals surface area contributed by atoms with Gasteiger partial charge in [0.15, 0.2) is 0 Å². The molecule has 0 fully saturated rings. The Morgan fingerprint density at radius 2 is 1.61 bits per heavy atom. The first-order chi connectivity index (χ1) is 13.3. The van der Waals surface area contributed by atoms with Gasteiger partial charge >= 0.3 is 0 Å². The summed E-state index contributed by atoms with van der Waals surface area (Å²) in [6, 6.07) is 13.1. The van der Waals surface area contributed by atoms with Gasteiger partial charge < -0.3 is 11.1 Å². The Kier molecular flexibility index (Phi) is 5.68. The molecule has 3 aromatic rings. The molecule has 0 spiro atoms. The van der Waals surface area contributed by atoms with Gasteiger partial charge in [-0.05, 0) is 60.0 Å². The number of hydrogen-bond donors (Lipinski definition) is 3. The molecular formula is C18H14ClN3O4S2. The Hall–Kier alpha value is -2.88. The van der Waals surface area contributed by atoms with Gasteiger partial charge in [0.05, 0.1) is 10.5 Å². The van der Waals surface area contributed by atoms with E-state index in [-0.39, 0.29) is 10.5 Å². The normalized spacial score (nSPS) is 11.0. The van der Waals surface area contributed by atoms with Crippen molar-refractivity contribution < 1.29 is 18.0 Å². The minimum absolute atomic E-state index is 0.0652. The molecule has 0 bridgehead atoms.